The number of alkyl halides is 3. The molecule has 2 nitrogen and oxygen atoms in total. The van der Waals surface area contributed by atoms with Crippen LogP contribution in [0.2, 0.25) is 0 Å². The van der Waals surface area contributed by atoms with Crippen LogP contribution in [0.1, 0.15) is 39.2 Å². The van der Waals surface area contributed by atoms with Crippen molar-refractivity contribution in [1.29, 1.82) is 0 Å². The zero-order valence-electron chi connectivity index (χ0n) is 13.0. The average molecular weight is 302 g/mol. The van der Waals surface area contributed by atoms with Crippen molar-refractivity contribution in [3.05, 3.63) is 29.8 Å². The van der Waals surface area contributed by atoms with Gasteiger partial charge in [-0.2, -0.15) is 13.2 Å². The lowest BCUT2D eigenvalue weighted by Crippen LogP contribution is -2.26. The summed E-state index contributed by atoms with van der Waals surface area (Å²) in [5.74, 6) is 0. The van der Waals surface area contributed by atoms with Gasteiger partial charge in [0.2, 0.25) is 0 Å². The van der Waals surface area contributed by atoms with E-state index in [0.717, 1.165) is 38.5 Å². The van der Waals surface area contributed by atoms with E-state index in [1.807, 2.05) is 6.92 Å². The lowest BCUT2D eigenvalue weighted by molar-refractivity contribution is -0.137. The van der Waals surface area contributed by atoms with E-state index in [1.165, 1.54) is 12.1 Å². The maximum Gasteiger partial charge on any atom is 0.418 e. The summed E-state index contributed by atoms with van der Waals surface area (Å²) in [4.78, 5) is 2.32. The fourth-order valence-electron chi connectivity index (χ4n) is 2.35. The van der Waals surface area contributed by atoms with Crippen LogP contribution in [0.3, 0.4) is 0 Å². The van der Waals surface area contributed by atoms with Gasteiger partial charge in [-0.3, -0.25) is 0 Å². The van der Waals surface area contributed by atoms with Gasteiger partial charge < -0.3 is 10.2 Å². The molecule has 1 N–H and O–H groups in total. The Morgan fingerprint density at radius 2 is 1.76 bits per heavy atom. The van der Waals surface area contributed by atoms with Crippen LogP contribution in [-0.2, 0) is 6.18 Å². The Morgan fingerprint density at radius 3 is 2.33 bits per heavy atom. The van der Waals surface area contributed by atoms with E-state index in [0.29, 0.717) is 0 Å². The van der Waals surface area contributed by atoms with Gasteiger partial charge in [-0.1, -0.05) is 26.0 Å². The lowest BCUT2D eigenvalue weighted by atomic mass is 10.1. The SMILES string of the molecule is CCN(CC)CCCC(C)Nc1ccccc1C(F)(F)F. The highest BCUT2D eigenvalue weighted by molar-refractivity contribution is 5.53. The summed E-state index contributed by atoms with van der Waals surface area (Å²) in [5, 5.41) is 2.99. The predicted octanol–water partition coefficient (Wildman–Crippen LogP) is 4.63. The number of rotatable bonds is 8. The number of benzene rings is 1. The minimum atomic E-state index is -4.31. The van der Waals surface area contributed by atoms with E-state index < -0.39 is 11.7 Å². The molecule has 0 bridgehead atoms. The monoisotopic (exact) mass is 302 g/mol. The van der Waals surface area contributed by atoms with Crippen LogP contribution >= 0.6 is 0 Å². The van der Waals surface area contributed by atoms with Gasteiger partial charge in [-0.05, 0) is 51.5 Å². The molecule has 0 spiro atoms. The van der Waals surface area contributed by atoms with Crippen molar-refractivity contribution in [3.63, 3.8) is 0 Å². The first kappa shape index (κ1) is 17.8. The number of halogens is 3. The Labute approximate surface area is 125 Å². The van der Waals surface area contributed by atoms with Crippen LogP contribution in [0.5, 0.6) is 0 Å². The molecule has 120 valence electrons. The number of anilines is 1. The Bertz CT molecular complexity index is 414. The Hall–Kier alpha value is -1.23. The summed E-state index contributed by atoms with van der Waals surface area (Å²) < 4.78 is 38.7. The molecule has 0 amide bonds. The number of para-hydroxylation sites is 1. The molecule has 0 aliphatic rings. The van der Waals surface area contributed by atoms with Crippen LogP contribution < -0.4 is 5.32 Å². The largest absolute Gasteiger partial charge is 0.418 e. The minimum absolute atomic E-state index is 0.0177. The molecule has 1 unspecified atom stereocenters. The van der Waals surface area contributed by atoms with Gasteiger partial charge in [0.05, 0.1) is 5.56 Å². The standard InChI is InChI=1S/C16H25F3N2/c1-4-21(5-2)12-8-9-13(3)20-15-11-7-6-10-14(15)16(17,18)19/h6-7,10-11,13,20H,4-5,8-9,12H2,1-3H3. The second-order valence-electron chi connectivity index (χ2n) is 5.26. The highest BCUT2D eigenvalue weighted by atomic mass is 19.4. The molecule has 0 heterocycles. The van der Waals surface area contributed by atoms with E-state index in [4.69, 9.17) is 0 Å². The molecule has 0 aliphatic carbocycles. The average Bonchev–Trinajstić information content (AvgIpc) is 2.43. The lowest BCUT2D eigenvalue weighted by Gasteiger charge is -2.21. The number of nitrogens with zero attached hydrogens (tertiary/aromatic N) is 1. The zero-order chi connectivity index (χ0) is 15.9. The van der Waals surface area contributed by atoms with Gasteiger partial charge in [0.15, 0.2) is 0 Å². The summed E-state index contributed by atoms with van der Waals surface area (Å²) in [7, 11) is 0. The molecule has 0 saturated carbocycles. The summed E-state index contributed by atoms with van der Waals surface area (Å²) in [5.41, 5.74) is -0.430. The molecule has 0 saturated heterocycles. The van der Waals surface area contributed by atoms with Gasteiger partial charge in [-0.25, -0.2) is 0 Å². The minimum Gasteiger partial charge on any atom is -0.382 e. The molecule has 1 rings (SSSR count). The number of hydrogen-bond donors (Lipinski definition) is 1. The van der Waals surface area contributed by atoms with Gasteiger partial charge >= 0.3 is 6.18 Å². The van der Waals surface area contributed by atoms with E-state index in [-0.39, 0.29) is 11.7 Å². The smallest absolute Gasteiger partial charge is 0.382 e. The molecule has 5 heteroatoms. The van der Waals surface area contributed by atoms with Crippen LogP contribution in [0.15, 0.2) is 24.3 Å². The van der Waals surface area contributed by atoms with E-state index in [9.17, 15) is 13.2 Å². The summed E-state index contributed by atoms with van der Waals surface area (Å²) in [6.07, 6.45) is -2.49. The first-order valence-electron chi connectivity index (χ1n) is 7.53. The van der Waals surface area contributed by atoms with Gasteiger partial charge in [0, 0.05) is 11.7 Å². The van der Waals surface area contributed by atoms with Crippen molar-refractivity contribution in [3.8, 4) is 0 Å². The van der Waals surface area contributed by atoms with E-state index >= 15 is 0 Å². The van der Waals surface area contributed by atoms with Crippen molar-refractivity contribution >= 4 is 5.69 Å². The summed E-state index contributed by atoms with van der Waals surface area (Å²) in [6, 6.07) is 5.66. The molecule has 0 aromatic heterocycles. The fourth-order valence-corrected chi connectivity index (χ4v) is 2.35. The third kappa shape index (κ3) is 5.96. The number of nitrogens with one attached hydrogen (secondary N) is 1. The Kier molecular flexibility index (Phi) is 7.02. The van der Waals surface area contributed by atoms with Crippen LogP contribution in [0.4, 0.5) is 18.9 Å². The van der Waals surface area contributed by atoms with Gasteiger partial charge in [0.25, 0.3) is 0 Å². The first-order chi connectivity index (χ1) is 9.88. The number of hydrogen-bond acceptors (Lipinski definition) is 2. The molecule has 0 fully saturated rings. The molecule has 1 atom stereocenters. The quantitative estimate of drug-likeness (QED) is 0.753. The van der Waals surface area contributed by atoms with E-state index in [1.54, 1.807) is 6.07 Å². The Morgan fingerprint density at radius 1 is 1.14 bits per heavy atom. The fraction of sp³-hybridized carbons (Fsp3) is 0.625. The predicted molar refractivity (Wildman–Crippen MR) is 81.6 cm³/mol. The van der Waals surface area contributed by atoms with Crippen molar-refractivity contribution in [1.82, 2.24) is 4.90 Å². The van der Waals surface area contributed by atoms with Gasteiger partial charge in [-0.15, -0.1) is 0 Å². The normalized spacial score (nSPS) is 13.5. The third-order valence-electron chi connectivity index (χ3n) is 3.64. The molecule has 0 radical (unpaired) electrons. The first-order valence-corrected chi connectivity index (χ1v) is 7.53. The van der Waals surface area contributed by atoms with Gasteiger partial charge in [0.1, 0.15) is 0 Å². The molecular formula is C16H25F3N2. The maximum atomic E-state index is 12.9. The van der Waals surface area contributed by atoms with Crippen molar-refractivity contribution in [2.45, 2.75) is 45.8 Å². The van der Waals surface area contributed by atoms with Crippen molar-refractivity contribution < 1.29 is 13.2 Å². The Balaban J connectivity index is 2.54. The van der Waals surface area contributed by atoms with E-state index in [2.05, 4.69) is 24.1 Å². The van der Waals surface area contributed by atoms with Crippen LogP contribution in [0, 0.1) is 0 Å². The summed E-state index contributed by atoms with van der Waals surface area (Å²) in [6.45, 7) is 9.16. The molecule has 0 aliphatic heterocycles. The highest BCUT2D eigenvalue weighted by Gasteiger charge is 2.33. The molecular weight excluding hydrogens is 277 g/mol. The summed E-state index contributed by atoms with van der Waals surface area (Å²) >= 11 is 0. The molecule has 1 aromatic carbocycles. The maximum absolute atomic E-state index is 12.9. The van der Waals surface area contributed by atoms with Crippen molar-refractivity contribution in [2.24, 2.45) is 0 Å². The second-order valence-corrected chi connectivity index (χ2v) is 5.26. The zero-order valence-corrected chi connectivity index (χ0v) is 13.0. The van der Waals surface area contributed by atoms with Crippen LogP contribution in [0.25, 0.3) is 0 Å². The third-order valence-corrected chi connectivity index (χ3v) is 3.64. The topological polar surface area (TPSA) is 15.3 Å². The molecule has 21 heavy (non-hydrogen) atoms. The van der Waals surface area contributed by atoms with Crippen LogP contribution in [-0.4, -0.2) is 30.6 Å². The molecule has 1 aromatic rings. The van der Waals surface area contributed by atoms with Crippen molar-refractivity contribution in [2.75, 3.05) is 25.0 Å². The highest BCUT2D eigenvalue weighted by Crippen LogP contribution is 2.34. The second kappa shape index (κ2) is 8.27.